The Labute approximate surface area is 227 Å². The second-order valence-electron chi connectivity index (χ2n) is 9.05. The van der Waals surface area contributed by atoms with Crippen LogP contribution in [0.4, 0.5) is 0 Å². The molecule has 0 aliphatic carbocycles. The lowest BCUT2D eigenvalue weighted by Crippen LogP contribution is -2.42. The van der Waals surface area contributed by atoms with Gasteiger partial charge in [-0.05, 0) is 61.6 Å². The Morgan fingerprint density at radius 2 is 1.63 bits per heavy atom. The molecule has 0 bridgehead atoms. The van der Waals surface area contributed by atoms with E-state index in [4.69, 9.17) is 28.3 Å². The van der Waals surface area contributed by atoms with E-state index in [1.165, 1.54) is 12.1 Å². The SMILES string of the molecule is CN(C)Cc1ccc2c(=O)n(-c3ccc(C[C@H](NC(=O)c4c(Cl)cccc4Cl)C(=O)[OH2+])cc3)c(=O)[nH]c2c1. The number of fused-ring (bicyclic) bond motifs is 1. The first-order chi connectivity index (χ1) is 18.0. The molecule has 4 rings (SSSR count). The average Bonchev–Trinajstić information content (AvgIpc) is 2.84. The predicted molar refractivity (Wildman–Crippen MR) is 148 cm³/mol. The third-order valence-corrected chi connectivity index (χ3v) is 6.54. The second-order valence-corrected chi connectivity index (χ2v) is 9.86. The van der Waals surface area contributed by atoms with E-state index >= 15 is 0 Å². The first-order valence-corrected chi connectivity index (χ1v) is 12.3. The summed E-state index contributed by atoms with van der Waals surface area (Å²) < 4.78 is 1.03. The van der Waals surface area contributed by atoms with E-state index in [9.17, 15) is 19.2 Å². The van der Waals surface area contributed by atoms with Crippen molar-refractivity contribution in [2.24, 2.45) is 0 Å². The van der Waals surface area contributed by atoms with Gasteiger partial charge in [-0.3, -0.25) is 9.59 Å². The number of amides is 1. The number of aromatic nitrogens is 2. The van der Waals surface area contributed by atoms with E-state index in [1.807, 2.05) is 25.1 Å². The maximum Gasteiger partial charge on any atom is 0.538 e. The summed E-state index contributed by atoms with van der Waals surface area (Å²) in [7, 11) is 3.86. The van der Waals surface area contributed by atoms with Crippen LogP contribution in [0.25, 0.3) is 16.6 Å². The lowest BCUT2D eigenvalue weighted by molar-refractivity contribution is -0.139. The summed E-state index contributed by atoms with van der Waals surface area (Å²) in [6.45, 7) is 0.663. The van der Waals surface area contributed by atoms with Crippen molar-refractivity contribution in [3.63, 3.8) is 0 Å². The summed E-state index contributed by atoms with van der Waals surface area (Å²) in [5.74, 6) is -1.67. The molecule has 1 aromatic heterocycles. The minimum atomic E-state index is -1.16. The largest absolute Gasteiger partial charge is 0.563 e. The molecule has 0 unspecified atom stereocenters. The number of halogens is 2. The topological polar surface area (TPSA) is 127 Å². The van der Waals surface area contributed by atoms with Gasteiger partial charge in [0.1, 0.15) is 0 Å². The van der Waals surface area contributed by atoms with Gasteiger partial charge in [0.2, 0.25) is 0 Å². The second kappa shape index (κ2) is 11.2. The van der Waals surface area contributed by atoms with Gasteiger partial charge in [-0.1, -0.05) is 47.5 Å². The first kappa shape index (κ1) is 27.1. The molecule has 38 heavy (non-hydrogen) atoms. The van der Waals surface area contributed by atoms with Crippen LogP contribution in [-0.4, -0.2) is 51.6 Å². The van der Waals surface area contributed by atoms with Crippen LogP contribution in [-0.2, 0) is 17.8 Å². The number of nitrogens with zero attached hydrogens (tertiary/aromatic N) is 2. The lowest BCUT2D eigenvalue weighted by atomic mass is 10.0. The van der Waals surface area contributed by atoms with Crippen LogP contribution >= 0.6 is 23.2 Å². The maximum absolute atomic E-state index is 13.1. The Morgan fingerprint density at radius 1 is 1.00 bits per heavy atom. The molecule has 0 radical (unpaired) electrons. The van der Waals surface area contributed by atoms with Crippen LogP contribution in [0.5, 0.6) is 0 Å². The highest BCUT2D eigenvalue weighted by Gasteiger charge is 2.29. The van der Waals surface area contributed by atoms with Crippen molar-refractivity contribution < 1.29 is 14.7 Å². The zero-order valence-electron chi connectivity index (χ0n) is 20.5. The van der Waals surface area contributed by atoms with E-state index in [1.54, 1.807) is 42.5 Å². The number of carbonyl (C=O) groups is 2. The molecule has 0 aliphatic rings. The quantitative estimate of drug-likeness (QED) is 0.323. The van der Waals surface area contributed by atoms with Gasteiger partial charge in [-0.25, -0.2) is 9.36 Å². The highest BCUT2D eigenvalue weighted by molar-refractivity contribution is 6.39. The number of hydrogen-bond donors (Lipinski definition) is 2. The highest BCUT2D eigenvalue weighted by atomic mass is 35.5. The van der Waals surface area contributed by atoms with Crippen LogP contribution in [0, 0.1) is 0 Å². The van der Waals surface area contributed by atoms with Gasteiger partial charge in [-0.15, -0.1) is 0 Å². The van der Waals surface area contributed by atoms with Crippen LogP contribution < -0.4 is 16.6 Å². The molecule has 1 atom stereocenters. The molecule has 9 nitrogen and oxygen atoms in total. The molecular weight excluding hydrogens is 531 g/mol. The molecule has 0 aliphatic heterocycles. The molecule has 0 saturated carbocycles. The van der Waals surface area contributed by atoms with Crippen LogP contribution in [0.3, 0.4) is 0 Å². The summed E-state index contributed by atoms with van der Waals surface area (Å²) in [6.07, 6.45) is 0.00799. The molecule has 1 amide bonds. The van der Waals surface area contributed by atoms with Gasteiger partial charge in [0.25, 0.3) is 11.5 Å². The molecular formula is C27H25Cl2N4O5+. The number of rotatable bonds is 8. The van der Waals surface area contributed by atoms with Crippen molar-refractivity contribution >= 4 is 46.0 Å². The standard InChI is InChI=1S/C27H24Cl2N4O5/c1-32(2)14-16-8-11-18-21(13-16)31-27(38)33(25(18)35)17-9-6-15(7-10-17)12-22(26(36)37)30-24(34)23-19(28)4-3-5-20(23)29/h3-11,13,22H,12,14H2,1-2H3,(H,30,34)(H,31,38)(H,36,37)/p+1/t22-/m0/s1. The Kier molecular flexibility index (Phi) is 8.01. The smallest absolute Gasteiger partial charge is 0.538 e. The molecule has 0 saturated heterocycles. The van der Waals surface area contributed by atoms with Gasteiger partial charge < -0.3 is 20.3 Å². The molecule has 11 heteroatoms. The van der Waals surface area contributed by atoms with Gasteiger partial charge in [-0.2, -0.15) is 0 Å². The summed E-state index contributed by atoms with van der Waals surface area (Å²) in [6, 6.07) is 15.1. The third-order valence-electron chi connectivity index (χ3n) is 5.91. The van der Waals surface area contributed by atoms with E-state index in [2.05, 4.69) is 10.3 Å². The van der Waals surface area contributed by atoms with Gasteiger partial charge in [0.05, 0.1) is 32.2 Å². The molecule has 4 N–H and O–H groups in total. The van der Waals surface area contributed by atoms with Crippen LogP contribution in [0.2, 0.25) is 10.0 Å². The van der Waals surface area contributed by atoms with E-state index < -0.39 is 29.2 Å². The number of benzene rings is 3. The van der Waals surface area contributed by atoms with Gasteiger partial charge in [0.15, 0.2) is 6.04 Å². The normalized spacial score (nSPS) is 12.0. The lowest BCUT2D eigenvalue weighted by Gasteiger charge is -2.14. The fraction of sp³-hybridized carbons (Fsp3) is 0.185. The zero-order valence-corrected chi connectivity index (χ0v) is 22.1. The Morgan fingerprint density at radius 3 is 2.24 bits per heavy atom. The molecule has 0 fully saturated rings. The molecule has 3 aromatic carbocycles. The van der Waals surface area contributed by atoms with Crippen molar-refractivity contribution in [2.45, 2.75) is 19.0 Å². The molecule has 0 spiro atoms. The minimum Gasteiger partial charge on any atom is -0.563 e. The van der Waals surface area contributed by atoms with Crippen molar-refractivity contribution in [3.8, 4) is 5.69 Å². The first-order valence-electron chi connectivity index (χ1n) is 11.6. The third kappa shape index (κ3) is 5.80. The fourth-order valence-electron chi connectivity index (χ4n) is 4.13. The summed E-state index contributed by atoms with van der Waals surface area (Å²) in [5.41, 5.74) is 1.32. The number of aromatic amines is 1. The monoisotopic (exact) mass is 555 g/mol. The maximum atomic E-state index is 13.1. The number of H-pyrrole nitrogens is 1. The molecule has 4 aromatic rings. The van der Waals surface area contributed by atoms with E-state index in [0.717, 1.165) is 10.1 Å². The van der Waals surface area contributed by atoms with Gasteiger partial charge in [0, 0.05) is 17.8 Å². The van der Waals surface area contributed by atoms with Crippen LogP contribution in [0.15, 0.2) is 70.3 Å². The molecule has 196 valence electrons. The predicted octanol–water partition coefficient (Wildman–Crippen LogP) is 2.64. The van der Waals surface area contributed by atoms with E-state index in [-0.39, 0.29) is 22.0 Å². The van der Waals surface area contributed by atoms with Crippen molar-refractivity contribution in [2.75, 3.05) is 14.1 Å². The average molecular weight is 556 g/mol. The summed E-state index contributed by atoms with van der Waals surface area (Å²) in [5, 5.41) is 10.7. The van der Waals surface area contributed by atoms with Crippen molar-refractivity contribution in [3.05, 3.63) is 108 Å². The Balaban J connectivity index is 1.58. The minimum absolute atomic E-state index is 0.00799. The molecule has 1 heterocycles. The van der Waals surface area contributed by atoms with Gasteiger partial charge >= 0.3 is 11.7 Å². The Hall–Kier alpha value is -3.92. The fourth-order valence-corrected chi connectivity index (χ4v) is 4.70. The number of carbonyl (C=O) groups excluding carboxylic acids is 2. The van der Waals surface area contributed by atoms with E-state index in [0.29, 0.717) is 28.7 Å². The number of nitrogens with one attached hydrogen (secondary N) is 2. The van der Waals surface area contributed by atoms with Crippen LogP contribution in [0.1, 0.15) is 21.5 Å². The summed E-state index contributed by atoms with van der Waals surface area (Å²) >= 11 is 12.2. The van der Waals surface area contributed by atoms with Crippen molar-refractivity contribution in [1.29, 1.82) is 0 Å². The van der Waals surface area contributed by atoms with Crippen molar-refractivity contribution in [1.82, 2.24) is 19.8 Å². The summed E-state index contributed by atoms with van der Waals surface area (Å²) in [4.78, 5) is 55.4. The highest BCUT2D eigenvalue weighted by Crippen LogP contribution is 2.24. The Bertz CT molecular complexity index is 1620. The number of hydrogen-bond acceptors (Lipinski definition) is 5. The zero-order chi connectivity index (χ0) is 27.6.